The molecule has 12 nitrogen and oxygen atoms in total. The number of fused-ring (bicyclic) bond motifs is 1. The Balaban J connectivity index is 1.59. The van der Waals surface area contributed by atoms with Crippen LogP contribution in [0.5, 0.6) is 5.75 Å². The number of likely N-dealkylation sites (N-methyl/N-ethyl adjacent to an activating group) is 1. The van der Waals surface area contributed by atoms with E-state index in [9.17, 15) is 23.1 Å². The van der Waals surface area contributed by atoms with Crippen molar-refractivity contribution in [3.05, 3.63) is 36.3 Å². The predicted octanol–water partition coefficient (Wildman–Crippen LogP) is 2.34. The van der Waals surface area contributed by atoms with Crippen LogP contribution in [0.15, 0.2) is 35.7 Å². The third kappa shape index (κ3) is 7.70. The molecule has 3 atom stereocenters. The van der Waals surface area contributed by atoms with Crippen molar-refractivity contribution in [2.24, 2.45) is 13.0 Å². The van der Waals surface area contributed by atoms with Crippen LogP contribution < -0.4 is 14.8 Å². The summed E-state index contributed by atoms with van der Waals surface area (Å²) < 4.78 is 36.3. The molecule has 3 N–H and O–H groups in total. The maximum Gasteiger partial charge on any atom is 0.317 e. The van der Waals surface area contributed by atoms with Gasteiger partial charge in [-0.25, -0.2) is 9.78 Å². The van der Waals surface area contributed by atoms with Gasteiger partial charge in [-0.2, -0.15) is 8.42 Å². The average molecular weight is 591 g/mol. The second-order valence-corrected chi connectivity index (χ2v) is 13.0. The quantitative estimate of drug-likeness (QED) is 0.428. The number of amides is 3. The van der Waals surface area contributed by atoms with E-state index in [0.29, 0.717) is 17.9 Å². The minimum Gasteiger partial charge on any atom is -0.488 e. The first-order chi connectivity index (χ1) is 19.5. The first-order valence-electron chi connectivity index (χ1n) is 14.2. The SMILES string of the molecule is C[C@@H]1CN([C@@H](C)CO)C(=O)Cc2cc(NS(=O)(=O)c3cn(C)cn3)ccc2O[C@@H]1CN(C)C(=O)NC1CCCCC1. The Labute approximate surface area is 242 Å². The molecule has 1 aliphatic carbocycles. The summed E-state index contributed by atoms with van der Waals surface area (Å²) in [5, 5.41) is 12.9. The number of nitrogens with zero attached hydrogens (tertiary/aromatic N) is 4. The molecule has 0 bridgehead atoms. The van der Waals surface area contributed by atoms with Gasteiger partial charge >= 0.3 is 6.03 Å². The van der Waals surface area contributed by atoms with Gasteiger partial charge in [0.15, 0.2) is 5.03 Å². The smallest absolute Gasteiger partial charge is 0.317 e. The van der Waals surface area contributed by atoms with Crippen molar-refractivity contribution in [3.63, 3.8) is 0 Å². The van der Waals surface area contributed by atoms with Crippen LogP contribution in [0, 0.1) is 5.92 Å². The van der Waals surface area contributed by atoms with E-state index in [-0.39, 0.29) is 54.2 Å². The second kappa shape index (κ2) is 13.1. The largest absolute Gasteiger partial charge is 0.488 e. The minimum absolute atomic E-state index is 0.0454. The molecular weight excluding hydrogens is 548 g/mol. The fourth-order valence-corrected chi connectivity index (χ4v) is 6.36. The average Bonchev–Trinajstić information content (AvgIpc) is 3.40. The first kappa shape index (κ1) is 30.6. The van der Waals surface area contributed by atoms with Gasteiger partial charge in [0.05, 0.1) is 31.9 Å². The number of sulfonamides is 1. The molecule has 0 radical (unpaired) electrons. The fraction of sp³-hybridized carbons (Fsp3) is 0.607. The number of hydrogen-bond acceptors (Lipinski definition) is 7. The molecule has 2 aliphatic rings. The minimum atomic E-state index is -3.94. The van der Waals surface area contributed by atoms with E-state index in [1.807, 2.05) is 6.92 Å². The number of anilines is 1. The van der Waals surface area contributed by atoms with Crippen LogP contribution in [0.4, 0.5) is 10.5 Å². The molecule has 4 rings (SSSR count). The topological polar surface area (TPSA) is 146 Å². The normalized spacial score (nSPS) is 21.1. The van der Waals surface area contributed by atoms with Crippen LogP contribution >= 0.6 is 0 Å². The molecule has 1 aromatic heterocycles. The van der Waals surface area contributed by atoms with Crippen molar-refractivity contribution >= 4 is 27.6 Å². The molecule has 0 unspecified atom stereocenters. The number of aliphatic hydroxyl groups excluding tert-OH is 1. The van der Waals surface area contributed by atoms with Gasteiger partial charge in [0.25, 0.3) is 10.0 Å². The highest BCUT2D eigenvalue weighted by Gasteiger charge is 2.32. The van der Waals surface area contributed by atoms with Crippen molar-refractivity contribution in [2.45, 2.75) is 75.6 Å². The van der Waals surface area contributed by atoms with Crippen LogP contribution in [-0.4, -0.2) is 89.7 Å². The fourth-order valence-electron chi connectivity index (χ4n) is 5.33. The van der Waals surface area contributed by atoms with Crippen molar-refractivity contribution in [1.29, 1.82) is 0 Å². The molecule has 13 heteroatoms. The van der Waals surface area contributed by atoms with E-state index in [1.54, 1.807) is 49.0 Å². The number of urea groups is 1. The van der Waals surface area contributed by atoms with Crippen molar-refractivity contribution in [3.8, 4) is 5.75 Å². The van der Waals surface area contributed by atoms with Crippen molar-refractivity contribution in [1.82, 2.24) is 24.7 Å². The van der Waals surface area contributed by atoms with E-state index in [1.165, 1.54) is 23.5 Å². The zero-order valence-corrected chi connectivity index (χ0v) is 25.1. The van der Waals surface area contributed by atoms with Crippen LogP contribution in [-0.2, 0) is 28.3 Å². The lowest BCUT2D eigenvalue weighted by Crippen LogP contribution is -2.50. The standard InChI is InChI=1S/C28H42N6O6S/c1-19-14-34(20(2)17-35)27(36)13-21-12-23(31-41(38,39)26-16-32(3)18-29-26)10-11-24(21)40-25(19)15-33(4)28(37)30-22-8-6-5-7-9-22/h10-12,16,18-20,22,25,31,35H,5-9,13-15,17H2,1-4H3,(H,30,37)/t19-,20+,25-/m1/s1. The van der Waals surface area contributed by atoms with Crippen LogP contribution in [0.1, 0.15) is 51.5 Å². The van der Waals surface area contributed by atoms with Gasteiger partial charge in [-0.15, -0.1) is 0 Å². The molecule has 1 fully saturated rings. The maximum atomic E-state index is 13.4. The number of nitrogens with one attached hydrogen (secondary N) is 2. The number of aliphatic hydroxyl groups is 1. The summed E-state index contributed by atoms with van der Waals surface area (Å²) in [5.41, 5.74) is 0.764. The summed E-state index contributed by atoms with van der Waals surface area (Å²) >= 11 is 0. The molecule has 2 aromatic rings. The van der Waals surface area contributed by atoms with Gasteiger partial charge in [-0.1, -0.05) is 26.2 Å². The lowest BCUT2D eigenvalue weighted by atomic mass is 9.96. The summed E-state index contributed by atoms with van der Waals surface area (Å²) in [7, 11) is -0.534. The van der Waals surface area contributed by atoms with Crippen LogP contribution in [0.2, 0.25) is 0 Å². The number of benzene rings is 1. The molecule has 0 spiro atoms. The Morgan fingerprint density at radius 3 is 2.66 bits per heavy atom. The Bertz CT molecular complexity index is 1330. The Hall–Kier alpha value is -3.32. The highest BCUT2D eigenvalue weighted by Crippen LogP contribution is 2.30. The van der Waals surface area contributed by atoms with Gasteiger partial charge in [0, 0.05) is 50.0 Å². The third-order valence-corrected chi connectivity index (χ3v) is 9.12. The molecule has 0 saturated heterocycles. The number of imidazole rings is 1. The zero-order valence-electron chi connectivity index (χ0n) is 24.2. The van der Waals surface area contributed by atoms with E-state index >= 15 is 0 Å². The zero-order chi connectivity index (χ0) is 29.7. The van der Waals surface area contributed by atoms with Gasteiger partial charge in [-0.05, 0) is 38.0 Å². The molecule has 226 valence electrons. The molecule has 41 heavy (non-hydrogen) atoms. The lowest BCUT2D eigenvalue weighted by Gasteiger charge is -2.34. The summed E-state index contributed by atoms with van der Waals surface area (Å²) in [6.45, 7) is 4.15. The second-order valence-electron chi connectivity index (χ2n) is 11.4. The Kier molecular flexibility index (Phi) is 9.80. The first-order valence-corrected chi connectivity index (χ1v) is 15.7. The number of ether oxygens (including phenoxy) is 1. The summed E-state index contributed by atoms with van der Waals surface area (Å²) in [6.07, 6.45) is 7.66. The van der Waals surface area contributed by atoms with E-state index in [2.05, 4.69) is 15.0 Å². The van der Waals surface area contributed by atoms with Crippen molar-refractivity contribution < 1.29 is 27.9 Å². The van der Waals surface area contributed by atoms with Gasteiger partial charge in [0.2, 0.25) is 5.91 Å². The number of rotatable bonds is 8. The highest BCUT2D eigenvalue weighted by atomic mass is 32.2. The van der Waals surface area contributed by atoms with E-state index in [0.717, 1.165) is 25.7 Å². The number of carbonyl (C=O) groups excluding carboxylic acids is 2. The van der Waals surface area contributed by atoms with Crippen LogP contribution in [0.3, 0.4) is 0 Å². The molecule has 1 aromatic carbocycles. The van der Waals surface area contributed by atoms with E-state index < -0.39 is 22.2 Å². The van der Waals surface area contributed by atoms with Crippen LogP contribution in [0.25, 0.3) is 0 Å². The van der Waals surface area contributed by atoms with Crippen molar-refractivity contribution in [2.75, 3.05) is 31.5 Å². The van der Waals surface area contributed by atoms with Gasteiger partial charge in [0.1, 0.15) is 11.9 Å². The molecule has 2 heterocycles. The summed E-state index contributed by atoms with van der Waals surface area (Å²) in [6, 6.07) is 4.39. The molecule has 3 amide bonds. The summed E-state index contributed by atoms with van der Waals surface area (Å²) in [4.78, 5) is 33.6. The monoisotopic (exact) mass is 590 g/mol. The lowest BCUT2D eigenvalue weighted by molar-refractivity contribution is -0.134. The molecular formula is C28H42N6O6S. The third-order valence-electron chi connectivity index (χ3n) is 7.86. The number of carbonyl (C=O) groups is 2. The maximum absolute atomic E-state index is 13.4. The number of aromatic nitrogens is 2. The number of aryl methyl sites for hydroxylation is 1. The molecule has 1 aliphatic heterocycles. The Morgan fingerprint density at radius 1 is 1.27 bits per heavy atom. The predicted molar refractivity (Wildman–Crippen MR) is 154 cm³/mol. The molecule has 1 saturated carbocycles. The van der Waals surface area contributed by atoms with Gasteiger partial charge < -0.3 is 29.5 Å². The van der Waals surface area contributed by atoms with Gasteiger partial charge in [-0.3, -0.25) is 9.52 Å². The number of hydrogen-bond donors (Lipinski definition) is 3. The highest BCUT2D eigenvalue weighted by molar-refractivity contribution is 7.92. The Morgan fingerprint density at radius 2 is 2.00 bits per heavy atom. The van der Waals surface area contributed by atoms with E-state index in [4.69, 9.17) is 4.74 Å². The summed E-state index contributed by atoms with van der Waals surface area (Å²) in [5.74, 6) is 0.0544.